The fourth-order valence-electron chi connectivity index (χ4n) is 4.57. The number of rotatable bonds is 6. The van der Waals surface area contributed by atoms with E-state index in [1.165, 1.54) is 0 Å². The number of carbonyl (C=O) groups is 1. The number of nitriles is 1. The highest BCUT2D eigenvalue weighted by Crippen LogP contribution is 2.39. The molecule has 0 aliphatic carbocycles. The lowest BCUT2D eigenvalue weighted by Gasteiger charge is -2.33. The first kappa shape index (κ1) is 24.3. The number of carbonyl (C=O) groups excluding carboxylic acids is 1. The van der Waals surface area contributed by atoms with Gasteiger partial charge in [0.05, 0.1) is 17.3 Å². The van der Waals surface area contributed by atoms with Crippen molar-refractivity contribution in [2.75, 3.05) is 13.6 Å². The molecule has 1 aliphatic rings. The number of hydrogen-bond donors (Lipinski definition) is 0. The Bertz CT molecular complexity index is 1140. The average Bonchev–Trinajstić information content (AvgIpc) is 3.27. The molecule has 1 fully saturated rings. The molecule has 2 heterocycles. The summed E-state index contributed by atoms with van der Waals surface area (Å²) in [4.78, 5) is 19.2. The number of aromatic nitrogens is 2. The number of benzene rings is 2. The van der Waals surface area contributed by atoms with E-state index in [-0.39, 0.29) is 18.3 Å². The topological polar surface area (TPSA) is 71.2 Å². The monoisotopic (exact) mass is 464 g/mol. The molecule has 0 saturated carbocycles. The van der Waals surface area contributed by atoms with Crippen molar-refractivity contribution in [2.45, 2.75) is 44.6 Å². The normalized spacial score (nSPS) is 18.2. The molecular weight excluding hydrogens is 436 g/mol. The second-order valence-corrected chi connectivity index (χ2v) is 8.43. The van der Waals surface area contributed by atoms with Crippen LogP contribution in [-0.4, -0.2) is 34.0 Å². The second kappa shape index (κ2) is 10.5. The molecule has 1 saturated heterocycles. The fraction of sp³-hybridized carbons (Fsp3) is 0.346. The molecule has 172 valence electrons. The number of imidazole rings is 1. The number of ether oxygens (including phenoxy) is 1. The maximum absolute atomic E-state index is 13.3. The summed E-state index contributed by atoms with van der Waals surface area (Å²) in [6, 6.07) is 15.6. The zero-order valence-corrected chi connectivity index (χ0v) is 19.8. The van der Waals surface area contributed by atoms with Gasteiger partial charge in [0.2, 0.25) is 5.91 Å². The van der Waals surface area contributed by atoms with Crippen LogP contribution in [-0.2, 0) is 16.8 Å². The van der Waals surface area contributed by atoms with Gasteiger partial charge >= 0.3 is 0 Å². The van der Waals surface area contributed by atoms with E-state index in [0.29, 0.717) is 23.6 Å². The van der Waals surface area contributed by atoms with Crippen LogP contribution in [0, 0.1) is 11.3 Å². The van der Waals surface area contributed by atoms with E-state index in [1.807, 2.05) is 59.1 Å². The van der Waals surface area contributed by atoms with Crippen molar-refractivity contribution in [3.63, 3.8) is 0 Å². The zero-order chi connectivity index (χ0) is 22.6. The Balaban J connectivity index is 0.00000306. The summed E-state index contributed by atoms with van der Waals surface area (Å²) in [5.41, 5.74) is 1.93. The minimum atomic E-state index is -0.536. The number of likely N-dealkylation sites (tertiary alicyclic amines) is 1. The van der Waals surface area contributed by atoms with Gasteiger partial charge in [0.1, 0.15) is 17.6 Å². The molecule has 3 aromatic rings. The summed E-state index contributed by atoms with van der Waals surface area (Å²) < 4.78 is 8.17. The minimum absolute atomic E-state index is 0. The smallest absolute Gasteiger partial charge is 0.232 e. The third-order valence-electron chi connectivity index (χ3n) is 6.41. The lowest BCUT2D eigenvalue weighted by molar-refractivity contribution is -0.135. The van der Waals surface area contributed by atoms with Gasteiger partial charge in [0.15, 0.2) is 0 Å². The van der Waals surface area contributed by atoms with Crippen LogP contribution in [0.25, 0.3) is 0 Å². The van der Waals surface area contributed by atoms with E-state index < -0.39 is 5.41 Å². The first-order valence-electron chi connectivity index (χ1n) is 11.1. The quantitative estimate of drug-likeness (QED) is 0.495. The van der Waals surface area contributed by atoms with Gasteiger partial charge in [-0.15, -0.1) is 12.4 Å². The highest BCUT2D eigenvalue weighted by atomic mass is 35.5. The Morgan fingerprint density at radius 1 is 1.21 bits per heavy atom. The van der Waals surface area contributed by atoms with E-state index in [1.54, 1.807) is 18.6 Å². The van der Waals surface area contributed by atoms with E-state index in [9.17, 15) is 10.1 Å². The van der Waals surface area contributed by atoms with Gasteiger partial charge in [0, 0.05) is 32.5 Å². The average molecular weight is 465 g/mol. The number of halogens is 1. The van der Waals surface area contributed by atoms with Crippen molar-refractivity contribution in [3.8, 4) is 17.6 Å². The van der Waals surface area contributed by atoms with Gasteiger partial charge < -0.3 is 14.2 Å². The van der Waals surface area contributed by atoms with Gasteiger partial charge in [-0.2, -0.15) is 5.26 Å². The molecule has 4 rings (SSSR count). The van der Waals surface area contributed by atoms with Crippen molar-refractivity contribution in [3.05, 3.63) is 77.9 Å². The van der Waals surface area contributed by atoms with Crippen molar-refractivity contribution >= 4 is 18.3 Å². The molecule has 0 N–H and O–H groups in total. The molecule has 1 aromatic heterocycles. The third-order valence-corrected chi connectivity index (χ3v) is 6.41. The molecule has 0 radical (unpaired) electrons. The predicted molar refractivity (Wildman–Crippen MR) is 130 cm³/mol. The molecule has 0 spiro atoms. The molecule has 33 heavy (non-hydrogen) atoms. The Kier molecular flexibility index (Phi) is 7.78. The second-order valence-electron chi connectivity index (χ2n) is 8.43. The van der Waals surface area contributed by atoms with Gasteiger partial charge in [0.25, 0.3) is 0 Å². The van der Waals surface area contributed by atoms with Gasteiger partial charge in [-0.1, -0.05) is 31.5 Å². The largest absolute Gasteiger partial charge is 0.456 e. The van der Waals surface area contributed by atoms with Crippen molar-refractivity contribution in [1.82, 2.24) is 14.5 Å². The molecular formula is C26H29ClN4O2. The first-order valence-corrected chi connectivity index (χ1v) is 11.1. The van der Waals surface area contributed by atoms with E-state index in [4.69, 9.17) is 4.74 Å². The third kappa shape index (κ3) is 5.04. The van der Waals surface area contributed by atoms with Crippen LogP contribution >= 0.6 is 12.4 Å². The van der Waals surface area contributed by atoms with Gasteiger partial charge in [-0.25, -0.2) is 4.98 Å². The van der Waals surface area contributed by atoms with E-state index in [2.05, 4.69) is 18.0 Å². The Labute approximate surface area is 201 Å². The highest BCUT2D eigenvalue weighted by molar-refractivity contribution is 5.88. The number of likely N-dealkylation sites (N-methyl/N-ethyl adjacent to an activating group) is 1. The summed E-state index contributed by atoms with van der Waals surface area (Å²) in [5.74, 6) is 1.32. The molecule has 6 nitrogen and oxygen atoms in total. The van der Waals surface area contributed by atoms with Crippen molar-refractivity contribution in [1.29, 1.82) is 5.26 Å². The van der Waals surface area contributed by atoms with Crippen LogP contribution in [0.5, 0.6) is 11.5 Å². The Morgan fingerprint density at radius 2 is 2.06 bits per heavy atom. The SMILES string of the molecule is CCC1(c2cccc(Oc3cc(Cn4ccnc4)ccc3C#N)c2)CCCCN(C)C1=O.Cl. The van der Waals surface area contributed by atoms with Gasteiger partial charge in [-0.05, 0) is 54.7 Å². The van der Waals surface area contributed by atoms with E-state index in [0.717, 1.165) is 43.4 Å². The Hall–Kier alpha value is -3.30. The molecule has 7 heteroatoms. The van der Waals surface area contributed by atoms with Crippen LogP contribution in [0.15, 0.2) is 61.2 Å². The fourth-order valence-corrected chi connectivity index (χ4v) is 4.57. The maximum atomic E-state index is 13.3. The molecule has 1 atom stereocenters. The van der Waals surface area contributed by atoms with Crippen LogP contribution in [0.3, 0.4) is 0 Å². The molecule has 1 aliphatic heterocycles. The molecule has 2 aromatic carbocycles. The summed E-state index contributed by atoms with van der Waals surface area (Å²) in [6.45, 7) is 3.52. The van der Waals surface area contributed by atoms with Crippen LogP contribution in [0.2, 0.25) is 0 Å². The lowest BCUT2D eigenvalue weighted by Crippen LogP contribution is -2.43. The highest BCUT2D eigenvalue weighted by Gasteiger charge is 2.41. The first-order chi connectivity index (χ1) is 15.6. The zero-order valence-electron chi connectivity index (χ0n) is 19.0. The Morgan fingerprint density at radius 3 is 2.79 bits per heavy atom. The van der Waals surface area contributed by atoms with Crippen molar-refractivity contribution in [2.24, 2.45) is 0 Å². The summed E-state index contributed by atoms with van der Waals surface area (Å²) in [6.07, 6.45) is 9.01. The van der Waals surface area contributed by atoms with Crippen molar-refractivity contribution < 1.29 is 9.53 Å². The summed E-state index contributed by atoms with van der Waals surface area (Å²) in [7, 11) is 1.89. The predicted octanol–water partition coefficient (Wildman–Crippen LogP) is 5.31. The van der Waals surface area contributed by atoms with Crippen LogP contribution in [0.1, 0.15) is 49.3 Å². The standard InChI is InChI=1S/C26H28N4O2.ClH/c1-3-26(11-4-5-13-29(2)25(26)31)22-7-6-8-23(16-22)32-24-15-20(9-10-21(24)17-27)18-30-14-12-28-19-30;/h6-10,12,14-16,19H,3-5,11,13,18H2,1-2H3;1H. The van der Waals surface area contributed by atoms with Crippen LogP contribution in [0.4, 0.5) is 0 Å². The summed E-state index contributed by atoms with van der Waals surface area (Å²) in [5, 5.41) is 9.58. The molecule has 0 bridgehead atoms. The van der Waals surface area contributed by atoms with E-state index >= 15 is 0 Å². The molecule has 1 unspecified atom stereocenters. The van der Waals surface area contributed by atoms with Crippen LogP contribution < -0.4 is 4.74 Å². The minimum Gasteiger partial charge on any atom is -0.456 e. The maximum Gasteiger partial charge on any atom is 0.232 e. The number of amides is 1. The summed E-state index contributed by atoms with van der Waals surface area (Å²) >= 11 is 0. The lowest BCUT2D eigenvalue weighted by atomic mass is 9.73. The molecule has 1 amide bonds. The number of hydrogen-bond acceptors (Lipinski definition) is 4. The number of nitrogens with zero attached hydrogens (tertiary/aromatic N) is 4. The van der Waals surface area contributed by atoms with Gasteiger partial charge in [-0.3, -0.25) is 4.79 Å².